The summed E-state index contributed by atoms with van der Waals surface area (Å²) < 4.78 is 32.8. The largest absolute Gasteiger partial charge is 0.484 e. The number of nitrogens with zero attached hydrogens (tertiary/aromatic N) is 2. The summed E-state index contributed by atoms with van der Waals surface area (Å²) in [4.78, 5) is 16.6. The Morgan fingerprint density at radius 2 is 1.70 bits per heavy atom. The minimum absolute atomic E-state index is 0.0522. The molecule has 0 fully saturated rings. The Balaban J connectivity index is 1.57. The van der Waals surface area contributed by atoms with Gasteiger partial charge in [-0.15, -0.1) is 0 Å². The van der Waals surface area contributed by atoms with Crippen molar-refractivity contribution in [1.82, 2.24) is 9.36 Å². The maximum absolute atomic E-state index is 12.1. The molecule has 1 N–H and O–H groups in total. The maximum atomic E-state index is 12.1. The maximum Gasteiger partial charge on any atom is 0.264 e. The highest BCUT2D eigenvalue weighted by Gasteiger charge is 2.14. The molecule has 3 rings (SSSR count). The van der Waals surface area contributed by atoms with Crippen molar-refractivity contribution in [2.75, 3.05) is 18.2 Å². The number of carbonyl (C=O) groups excluding carboxylic acids is 1. The second-order valence-electron chi connectivity index (χ2n) is 7.83. The molecule has 9 heteroatoms. The summed E-state index contributed by atoms with van der Waals surface area (Å²) >= 11 is 1.04. The zero-order valence-corrected chi connectivity index (χ0v) is 18.8. The number of nitrogens with one attached hydrogen (secondary N) is 1. The van der Waals surface area contributed by atoms with E-state index in [4.69, 9.17) is 4.74 Å². The first-order valence-corrected chi connectivity index (χ1v) is 11.9. The molecule has 7 nitrogen and oxygen atoms in total. The monoisotopic (exact) mass is 445 g/mol. The fourth-order valence-corrected chi connectivity index (χ4v) is 3.83. The molecule has 1 amide bonds. The molecular weight excluding hydrogens is 422 g/mol. The Hall–Kier alpha value is -2.78. The molecule has 1 heterocycles. The van der Waals surface area contributed by atoms with Gasteiger partial charge in [0.1, 0.15) is 5.75 Å². The Morgan fingerprint density at radius 1 is 1.07 bits per heavy atom. The van der Waals surface area contributed by atoms with Crippen LogP contribution < -0.4 is 10.1 Å². The molecule has 0 bridgehead atoms. The number of hydrogen-bond acceptors (Lipinski definition) is 7. The van der Waals surface area contributed by atoms with Crippen molar-refractivity contribution in [3.8, 4) is 17.1 Å². The lowest BCUT2D eigenvalue weighted by molar-refractivity contribution is -0.118. The highest BCUT2D eigenvalue weighted by molar-refractivity contribution is 7.90. The predicted octanol–water partition coefficient (Wildman–Crippen LogP) is 3.92. The van der Waals surface area contributed by atoms with Gasteiger partial charge in [0, 0.05) is 23.4 Å². The summed E-state index contributed by atoms with van der Waals surface area (Å²) in [6.07, 6.45) is 1.15. The van der Waals surface area contributed by atoms with Crippen molar-refractivity contribution in [3.05, 3.63) is 54.1 Å². The van der Waals surface area contributed by atoms with Gasteiger partial charge in [0.25, 0.3) is 5.91 Å². The van der Waals surface area contributed by atoms with Crippen LogP contribution in [0.3, 0.4) is 0 Å². The molecular formula is C21H23N3O4S2. The Kier molecular flexibility index (Phi) is 6.23. The van der Waals surface area contributed by atoms with Gasteiger partial charge in [0.2, 0.25) is 5.13 Å². The summed E-state index contributed by atoms with van der Waals surface area (Å²) in [7, 11) is -3.26. The van der Waals surface area contributed by atoms with Gasteiger partial charge in [-0.3, -0.25) is 10.1 Å². The smallest absolute Gasteiger partial charge is 0.264 e. The van der Waals surface area contributed by atoms with Gasteiger partial charge < -0.3 is 4.74 Å². The van der Waals surface area contributed by atoms with E-state index in [1.807, 2.05) is 24.3 Å². The van der Waals surface area contributed by atoms with E-state index in [9.17, 15) is 13.2 Å². The van der Waals surface area contributed by atoms with E-state index < -0.39 is 9.84 Å². The lowest BCUT2D eigenvalue weighted by Crippen LogP contribution is -2.20. The van der Waals surface area contributed by atoms with Crippen LogP contribution in [0.5, 0.6) is 5.75 Å². The van der Waals surface area contributed by atoms with Crippen LogP contribution in [0.1, 0.15) is 26.3 Å². The van der Waals surface area contributed by atoms with E-state index in [1.165, 1.54) is 17.7 Å². The quantitative estimate of drug-likeness (QED) is 0.617. The number of amides is 1. The second-order valence-corrected chi connectivity index (χ2v) is 10.6. The Bertz CT molecular complexity index is 1130. The van der Waals surface area contributed by atoms with Crippen LogP contribution in [0.4, 0.5) is 5.13 Å². The third-order valence-electron chi connectivity index (χ3n) is 4.30. The van der Waals surface area contributed by atoms with Gasteiger partial charge in [-0.1, -0.05) is 32.9 Å². The van der Waals surface area contributed by atoms with Gasteiger partial charge in [-0.2, -0.15) is 9.36 Å². The predicted molar refractivity (Wildman–Crippen MR) is 118 cm³/mol. The van der Waals surface area contributed by atoms with Crippen LogP contribution in [0.2, 0.25) is 0 Å². The molecule has 0 aliphatic carbocycles. The van der Waals surface area contributed by atoms with Crippen molar-refractivity contribution < 1.29 is 17.9 Å². The van der Waals surface area contributed by atoms with E-state index in [0.717, 1.165) is 17.8 Å². The van der Waals surface area contributed by atoms with Crippen molar-refractivity contribution in [1.29, 1.82) is 0 Å². The third-order valence-corrected chi connectivity index (χ3v) is 6.06. The van der Waals surface area contributed by atoms with E-state index in [-0.39, 0.29) is 22.8 Å². The zero-order chi connectivity index (χ0) is 21.9. The fraction of sp³-hybridized carbons (Fsp3) is 0.286. The third kappa shape index (κ3) is 5.64. The summed E-state index contributed by atoms with van der Waals surface area (Å²) in [5.41, 5.74) is 1.90. The molecule has 0 atom stereocenters. The summed E-state index contributed by atoms with van der Waals surface area (Å²) in [6, 6.07) is 13.9. The summed E-state index contributed by atoms with van der Waals surface area (Å²) in [5.74, 6) is 0.682. The van der Waals surface area contributed by atoms with Crippen LogP contribution in [-0.4, -0.2) is 36.5 Å². The Morgan fingerprint density at radius 3 is 2.27 bits per heavy atom. The minimum Gasteiger partial charge on any atom is -0.484 e. The van der Waals surface area contributed by atoms with Gasteiger partial charge in [0.15, 0.2) is 22.3 Å². The molecule has 0 radical (unpaired) electrons. The average molecular weight is 446 g/mol. The second kappa shape index (κ2) is 8.53. The average Bonchev–Trinajstić information content (AvgIpc) is 3.14. The molecule has 0 unspecified atom stereocenters. The molecule has 0 aliphatic rings. The highest BCUT2D eigenvalue weighted by atomic mass is 32.2. The number of sulfone groups is 1. The number of carbonyl (C=O) groups is 1. The number of anilines is 1. The standard InChI is InChI=1S/C21H23N3O4S2/c1-21(2,3)15-7-9-16(10-8-15)28-13-18(25)22-20-23-19(24-29-20)14-5-11-17(12-6-14)30(4,26)27/h5-12H,13H2,1-4H3,(H,22,23,24,25). The lowest BCUT2D eigenvalue weighted by Gasteiger charge is -2.19. The molecule has 30 heavy (non-hydrogen) atoms. The normalized spacial score (nSPS) is 11.9. The van der Waals surface area contributed by atoms with Crippen LogP contribution >= 0.6 is 11.5 Å². The molecule has 0 spiro atoms. The number of aromatic nitrogens is 2. The first kappa shape index (κ1) is 21.9. The number of hydrogen-bond donors (Lipinski definition) is 1. The Labute approximate surface area is 180 Å². The molecule has 1 aromatic heterocycles. The SMILES string of the molecule is CC(C)(C)c1ccc(OCC(=O)Nc2nc(-c3ccc(S(C)(=O)=O)cc3)ns2)cc1. The molecule has 0 aliphatic heterocycles. The number of rotatable bonds is 6. The van der Waals surface area contributed by atoms with Gasteiger partial charge >= 0.3 is 0 Å². The number of benzene rings is 2. The van der Waals surface area contributed by atoms with E-state index in [0.29, 0.717) is 22.3 Å². The molecule has 0 saturated heterocycles. The number of ether oxygens (including phenoxy) is 1. The van der Waals surface area contributed by atoms with Crippen molar-refractivity contribution in [2.24, 2.45) is 0 Å². The summed E-state index contributed by atoms with van der Waals surface area (Å²) in [5, 5.41) is 3.00. The molecule has 3 aromatic rings. The van der Waals surface area contributed by atoms with Crippen LogP contribution in [0, 0.1) is 0 Å². The first-order valence-electron chi connectivity index (χ1n) is 9.20. The van der Waals surface area contributed by atoms with Crippen LogP contribution in [0.25, 0.3) is 11.4 Å². The van der Waals surface area contributed by atoms with Gasteiger partial charge in [-0.25, -0.2) is 8.42 Å². The molecule has 2 aromatic carbocycles. The summed E-state index contributed by atoms with van der Waals surface area (Å²) in [6.45, 7) is 6.25. The van der Waals surface area contributed by atoms with Crippen LogP contribution in [0.15, 0.2) is 53.4 Å². The topological polar surface area (TPSA) is 98.2 Å². The van der Waals surface area contributed by atoms with Crippen molar-refractivity contribution >= 4 is 32.4 Å². The lowest BCUT2D eigenvalue weighted by atomic mass is 9.87. The van der Waals surface area contributed by atoms with E-state index in [1.54, 1.807) is 12.1 Å². The van der Waals surface area contributed by atoms with Gasteiger partial charge in [-0.05, 0) is 47.4 Å². The molecule has 158 valence electrons. The first-order chi connectivity index (χ1) is 14.0. The van der Waals surface area contributed by atoms with E-state index >= 15 is 0 Å². The van der Waals surface area contributed by atoms with Crippen molar-refractivity contribution in [2.45, 2.75) is 31.1 Å². The molecule has 0 saturated carbocycles. The van der Waals surface area contributed by atoms with E-state index in [2.05, 4.69) is 35.4 Å². The highest BCUT2D eigenvalue weighted by Crippen LogP contribution is 2.25. The van der Waals surface area contributed by atoms with Crippen LogP contribution in [-0.2, 0) is 20.0 Å². The zero-order valence-electron chi connectivity index (χ0n) is 17.2. The van der Waals surface area contributed by atoms with Gasteiger partial charge in [0.05, 0.1) is 4.90 Å². The fourth-order valence-electron chi connectivity index (χ4n) is 2.60. The minimum atomic E-state index is -3.26. The van der Waals surface area contributed by atoms with Crippen molar-refractivity contribution in [3.63, 3.8) is 0 Å².